The van der Waals surface area contributed by atoms with Crippen molar-refractivity contribution in [1.82, 2.24) is 4.98 Å². The van der Waals surface area contributed by atoms with Gasteiger partial charge in [-0.25, -0.2) is 12.8 Å². The molecule has 1 heterocycles. The zero-order chi connectivity index (χ0) is 14.9. The van der Waals surface area contributed by atoms with E-state index in [1.54, 1.807) is 0 Å². The van der Waals surface area contributed by atoms with Crippen LogP contribution in [0.5, 0.6) is 0 Å². The lowest BCUT2D eigenvalue weighted by atomic mass is 10.3. The van der Waals surface area contributed by atoms with E-state index in [0.717, 1.165) is 12.1 Å². The number of benzene rings is 1. The summed E-state index contributed by atoms with van der Waals surface area (Å²) in [5.41, 5.74) is 5.87. The number of nitrogens with two attached hydrogens (primary N) is 1. The summed E-state index contributed by atoms with van der Waals surface area (Å²) in [4.78, 5) is 2.70. The van der Waals surface area contributed by atoms with E-state index >= 15 is 0 Å². The van der Waals surface area contributed by atoms with Gasteiger partial charge in [-0.15, -0.1) is 0 Å². The third-order valence-corrected chi connectivity index (χ3v) is 4.42. The molecule has 108 valence electrons. The molecular weight excluding hydrogens is 328 g/mol. The van der Waals surface area contributed by atoms with E-state index in [9.17, 15) is 12.8 Å². The molecule has 0 amide bonds. The summed E-state index contributed by atoms with van der Waals surface area (Å²) in [6.45, 7) is 0.174. The summed E-state index contributed by atoms with van der Waals surface area (Å²) in [7, 11) is -3.89. The molecule has 1 aromatic carbocycles. The van der Waals surface area contributed by atoms with Gasteiger partial charge < -0.3 is 10.7 Å². The van der Waals surface area contributed by atoms with Crippen molar-refractivity contribution in [2.24, 2.45) is 5.73 Å². The van der Waals surface area contributed by atoms with Crippen molar-refractivity contribution < 1.29 is 12.8 Å². The summed E-state index contributed by atoms with van der Waals surface area (Å²) in [6.07, 6.45) is 1.29. The molecule has 0 aliphatic carbocycles. The standard InChI is InChI=1S/C11H10Cl2FN3O2S/c12-9-1-6(14)2-10(13)11(9)17-20(18,19)8-3-7(4-15)16-5-8/h1-3,5,16-17H,4,15H2. The second kappa shape index (κ2) is 5.61. The van der Waals surface area contributed by atoms with E-state index in [1.807, 2.05) is 0 Å². The molecule has 0 fully saturated rings. The Morgan fingerprint density at radius 1 is 1.25 bits per heavy atom. The predicted molar refractivity (Wildman–Crippen MR) is 75.9 cm³/mol. The number of H-pyrrole nitrogens is 1. The fraction of sp³-hybridized carbons (Fsp3) is 0.0909. The predicted octanol–water partition coefficient (Wildman–Crippen LogP) is 2.72. The van der Waals surface area contributed by atoms with Crippen molar-refractivity contribution >= 4 is 38.9 Å². The van der Waals surface area contributed by atoms with E-state index < -0.39 is 15.8 Å². The molecule has 0 bridgehead atoms. The average molecular weight is 338 g/mol. The molecule has 0 saturated carbocycles. The molecule has 0 radical (unpaired) electrons. The van der Waals surface area contributed by atoms with Gasteiger partial charge in [0.05, 0.1) is 15.7 Å². The smallest absolute Gasteiger partial charge is 0.263 e. The van der Waals surface area contributed by atoms with Gasteiger partial charge in [0.15, 0.2) is 0 Å². The Morgan fingerprint density at radius 2 is 1.85 bits per heavy atom. The highest BCUT2D eigenvalue weighted by atomic mass is 35.5. The molecule has 2 aromatic rings. The van der Waals surface area contributed by atoms with E-state index in [1.165, 1.54) is 12.3 Å². The van der Waals surface area contributed by atoms with Crippen molar-refractivity contribution in [3.05, 3.63) is 46.0 Å². The fourth-order valence-corrected chi connectivity index (χ4v) is 3.31. The van der Waals surface area contributed by atoms with Crippen LogP contribution in [0, 0.1) is 5.82 Å². The summed E-state index contributed by atoms with van der Waals surface area (Å²) in [6, 6.07) is 3.31. The van der Waals surface area contributed by atoms with Gasteiger partial charge in [-0.3, -0.25) is 4.72 Å². The van der Waals surface area contributed by atoms with Crippen LogP contribution in [-0.4, -0.2) is 13.4 Å². The Kier molecular flexibility index (Phi) is 4.24. The van der Waals surface area contributed by atoms with Gasteiger partial charge in [-0.1, -0.05) is 23.2 Å². The number of anilines is 1. The molecular formula is C11H10Cl2FN3O2S. The molecule has 9 heteroatoms. The Labute approximate surface area is 124 Å². The maximum Gasteiger partial charge on any atom is 0.263 e. The Bertz CT molecular complexity index is 723. The quantitative estimate of drug-likeness (QED) is 0.801. The number of hydrogen-bond acceptors (Lipinski definition) is 3. The van der Waals surface area contributed by atoms with Gasteiger partial charge in [0.1, 0.15) is 10.7 Å². The minimum atomic E-state index is -3.89. The molecule has 0 aliphatic rings. The number of nitrogens with one attached hydrogen (secondary N) is 2. The first-order valence-electron chi connectivity index (χ1n) is 5.38. The van der Waals surface area contributed by atoms with E-state index in [0.29, 0.717) is 5.69 Å². The first kappa shape index (κ1) is 15.1. The Hall–Kier alpha value is -1.28. The molecule has 0 atom stereocenters. The lowest BCUT2D eigenvalue weighted by Crippen LogP contribution is -2.13. The topological polar surface area (TPSA) is 88.0 Å². The third-order valence-electron chi connectivity index (χ3n) is 2.49. The molecule has 0 spiro atoms. The van der Waals surface area contributed by atoms with E-state index in [4.69, 9.17) is 28.9 Å². The van der Waals surface area contributed by atoms with Crippen molar-refractivity contribution in [1.29, 1.82) is 0 Å². The maximum atomic E-state index is 13.0. The van der Waals surface area contributed by atoms with Crippen LogP contribution >= 0.6 is 23.2 Å². The van der Waals surface area contributed by atoms with Gasteiger partial charge in [0.2, 0.25) is 0 Å². The second-order valence-corrected chi connectivity index (χ2v) is 6.41. The monoisotopic (exact) mass is 337 g/mol. The molecule has 20 heavy (non-hydrogen) atoms. The summed E-state index contributed by atoms with van der Waals surface area (Å²) in [5.74, 6) is -0.657. The van der Waals surface area contributed by atoms with Gasteiger partial charge in [0, 0.05) is 18.4 Å². The lowest BCUT2D eigenvalue weighted by Gasteiger charge is -2.10. The van der Waals surface area contributed by atoms with Gasteiger partial charge >= 0.3 is 0 Å². The molecule has 0 aliphatic heterocycles. The zero-order valence-corrected chi connectivity index (χ0v) is 12.3. The number of rotatable bonds is 4. The maximum absolute atomic E-state index is 13.0. The molecule has 0 saturated heterocycles. The zero-order valence-electron chi connectivity index (χ0n) is 9.95. The van der Waals surface area contributed by atoms with Crippen LogP contribution in [0.2, 0.25) is 10.0 Å². The van der Waals surface area contributed by atoms with E-state index in [-0.39, 0.29) is 27.2 Å². The van der Waals surface area contributed by atoms with Gasteiger partial charge in [-0.2, -0.15) is 0 Å². The SMILES string of the molecule is NCc1cc(S(=O)(=O)Nc2c(Cl)cc(F)cc2Cl)c[nH]1. The Morgan fingerprint density at radius 3 is 2.35 bits per heavy atom. The number of aromatic amines is 1. The van der Waals surface area contributed by atoms with Crippen LogP contribution in [0.3, 0.4) is 0 Å². The normalized spacial score (nSPS) is 11.6. The minimum Gasteiger partial charge on any atom is -0.363 e. The fourth-order valence-electron chi connectivity index (χ4n) is 1.52. The van der Waals surface area contributed by atoms with Crippen molar-refractivity contribution in [3.8, 4) is 0 Å². The van der Waals surface area contributed by atoms with Crippen molar-refractivity contribution in [2.75, 3.05) is 4.72 Å². The highest BCUT2D eigenvalue weighted by Gasteiger charge is 2.19. The Balaban J connectivity index is 2.38. The second-order valence-electron chi connectivity index (χ2n) is 3.91. The first-order chi connectivity index (χ1) is 9.33. The highest BCUT2D eigenvalue weighted by Crippen LogP contribution is 2.33. The average Bonchev–Trinajstić information content (AvgIpc) is 2.83. The summed E-state index contributed by atoms with van der Waals surface area (Å²) >= 11 is 11.6. The van der Waals surface area contributed by atoms with Crippen LogP contribution in [-0.2, 0) is 16.6 Å². The van der Waals surface area contributed by atoms with Gasteiger partial charge in [0.25, 0.3) is 10.0 Å². The van der Waals surface area contributed by atoms with Crippen LogP contribution in [0.25, 0.3) is 0 Å². The number of halogens is 3. The molecule has 4 N–H and O–H groups in total. The third kappa shape index (κ3) is 3.06. The minimum absolute atomic E-state index is 0.0191. The van der Waals surface area contributed by atoms with Crippen LogP contribution < -0.4 is 10.5 Å². The van der Waals surface area contributed by atoms with Crippen molar-refractivity contribution in [2.45, 2.75) is 11.4 Å². The van der Waals surface area contributed by atoms with Crippen LogP contribution in [0.1, 0.15) is 5.69 Å². The molecule has 0 unspecified atom stereocenters. The number of sulfonamides is 1. The molecule has 5 nitrogen and oxygen atoms in total. The lowest BCUT2D eigenvalue weighted by molar-refractivity contribution is 0.601. The number of hydrogen-bond donors (Lipinski definition) is 3. The number of aromatic nitrogens is 1. The van der Waals surface area contributed by atoms with E-state index in [2.05, 4.69) is 9.71 Å². The molecule has 2 rings (SSSR count). The molecule has 1 aromatic heterocycles. The van der Waals surface area contributed by atoms with Crippen molar-refractivity contribution in [3.63, 3.8) is 0 Å². The summed E-state index contributed by atoms with van der Waals surface area (Å²) < 4.78 is 39.5. The van der Waals surface area contributed by atoms with Crippen LogP contribution in [0.15, 0.2) is 29.3 Å². The highest BCUT2D eigenvalue weighted by molar-refractivity contribution is 7.92. The summed E-state index contributed by atoms with van der Waals surface area (Å²) in [5, 5.41) is -0.263. The van der Waals surface area contributed by atoms with Gasteiger partial charge in [-0.05, 0) is 18.2 Å². The first-order valence-corrected chi connectivity index (χ1v) is 7.62. The van der Waals surface area contributed by atoms with Crippen LogP contribution in [0.4, 0.5) is 10.1 Å². The largest absolute Gasteiger partial charge is 0.363 e.